The van der Waals surface area contributed by atoms with Crippen LogP contribution in [0.2, 0.25) is 0 Å². The first kappa shape index (κ1) is 17.8. The summed E-state index contributed by atoms with van der Waals surface area (Å²) in [5, 5.41) is 2.40. The fourth-order valence-corrected chi connectivity index (χ4v) is 4.64. The zero-order valence-electron chi connectivity index (χ0n) is 16.3. The van der Waals surface area contributed by atoms with Crippen LogP contribution in [0, 0.1) is 27.7 Å². The molecule has 1 aromatic heterocycles. The van der Waals surface area contributed by atoms with Crippen molar-refractivity contribution in [1.29, 1.82) is 0 Å². The first-order valence-electron chi connectivity index (χ1n) is 8.94. The molecule has 138 valence electrons. The molecule has 0 fully saturated rings. The van der Waals surface area contributed by atoms with E-state index in [4.69, 9.17) is 0 Å². The summed E-state index contributed by atoms with van der Waals surface area (Å²) >= 11 is 0. The quantitative estimate of drug-likeness (QED) is 0.407. The van der Waals surface area contributed by atoms with Crippen molar-refractivity contribution < 1.29 is 12.5 Å². The highest BCUT2D eigenvalue weighted by Gasteiger charge is 2.25. The second kappa shape index (κ2) is 5.96. The molecule has 4 rings (SSSR count). The molecule has 0 amide bonds. The van der Waals surface area contributed by atoms with Gasteiger partial charge in [0.05, 0.1) is 15.7 Å². The predicted octanol–water partition coefficient (Wildman–Crippen LogP) is 5.90. The van der Waals surface area contributed by atoms with E-state index in [0.29, 0.717) is 4.90 Å². The van der Waals surface area contributed by atoms with Crippen molar-refractivity contribution in [3.8, 4) is 5.75 Å². The van der Waals surface area contributed by atoms with Crippen LogP contribution in [0.5, 0.6) is 0 Å². The number of benzene rings is 3. The van der Waals surface area contributed by atoms with E-state index in [-0.39, 0.29) is 0 Å². The first-order chi connectivity index (χ1) is 12.7. The molecule has 0 unspecified atom stereocenters. The third-order valence-electron chi connectivity index (χ3n) is 5.02. The van der Waals surface area contributed by atoms with E-state index in [1.54, 1.807) is 12.1 Å². The number of hydrogen-bond donors (Lipinski definition) is 0. The lowest BCUT2D eigenvalue weighted by atomic mass is 10.0. The molecule has 0 aliphatic carbocycles. The smallest absolute Gasteiger partial charge is 0.278 e. The molecule has 0 N–H and O–H groups in total. The summed E-state index contributed by atoms with van der Waals surface area (Å²) in [4.78, 5) is 0.327. The largest absolute Gasteiger partial charge is 0.498 e. The number of aryl methyl sites for hydroxylation is 4. The van der Waals surface area contributed by atoms with Crippen LogP contribution in [0.1, 0.15) is 22.3 Å². The van der Waals surface area contributed by atoms with Gasteiger partial charge in [0.2, 0.25) is 0 Å². The third-order valence-corrected chi connectivity index (χ3v) is 6.15. The fourth-order valence-electron chi connectivity index (χ4n) is 4.01. The molecule has 0 atom stereocenters. The predicted molar refractivity (Wildman–Crippen MR) is 112 cm³/mol. The highest BCUT2D eigenvalue weighted by atomic mass is 32.2. The Balaban J connectivity index is 2.16. The minimum atomic E-state index is -3.22. The van der Waals surface area contributed by atoms with Gasteiger partial charge in [-0.25, -0.2) is 8.42 Å². The van der Waals surface area contributed by atoms with Gasteiger partial charge in [-0.15, -0.1) is 0 Å². The number of hydrogen-bond acceptors (Lipinski definition) is 2. The van der Waals surface area contributed by atoms with Gasteiger partial charge in [0.15, 0.2) is 9.84 Å². The van der Waals surface area contributed by atoms with E-state index in [1.807, 2.05) is 12.1 Å². The Bertz CT molecular complexity index is 1240. The zero-order valence-corrected chi connectivity index (χ0v) is 17.1. The molecule has 4 aromatic rings. The molecule has 27 heavy (non-hydrogen) atoms. The highest BCUT2D eigenvalue weighted by molar-refractivity contribution is 7.90. The average molecular weight is 380 g/mol. The molecule has 4 heteroatoms. The molecular formula is C23H23O3S+. The van der Waals surface area contributed by atoms with Crippen LogP contribution >= 0.6 is 0 Å². The van der Waals surface area contributed by atoms with Crippen LogP contribution in [0.4, 0.5) is 0 Å². The Labute approximate surface area is 159 Å². The summed E-state index contributed by atoms with van der Waals surface area (Å²) < 4.78 is 27.0. The van der Waals surface area contributed by atoms with E-state index >= 15 is 0 Å². The topological polar surface area (TPSA) is 36.8 Å². The van der Waals surface area contributed by atoms with Gasteiger partial charge in [-0.2, -0.15) is 0 Å². The SMILES string of the molecule is Cc1cc(C)c2c(c1)c1cc(C)cc(C)c1[o+]2-c1ccc(S(C)(=O)=O)cc1. The van der Waals surface area contributed by atoms with Crippen molar-refractivity contribution in [3.63, 3.8) is 0 Å². The van der Waals surface area contributed by atoms with E-state index in [0.717, 1.165) is 16.9 Å². The molecule has 3 nitrogen and oxygen atoms in total. The second-order valence-corrected chi connectivity index (χ2v) is 9.48. The Morgan fingerprint density at radius 2 is 1.15 bits per heavy atom. The summed E-state index contributed by atoms with van der Waals surface area (Å²) in [5.41, 5.74) is 7.00. The fraction of sp³-hybridized carbons (Fsp3) is 0.217. The van der Waals surface area contributed by atoms with Gasteiger partial charge in [-0.3, -0.25) is 0 Å². The Kier molecular flexibility index (Phi) is 3.93. The van der Waals surface area contributed by atoms with Crippen molar-refractivity contribution >= 4 is 31.8 Å². The maximum Gasteiger partial charge on any atom is 0.278 e. The van der Waals surface area contributed by atoms with Gasteiger partial charge in [0.1, 0.15) is 0 Å². The Morgan fingerprint density at radius 3 is 1.56 bits per heavy atom. The number of rotatable bonds is 2. The van der Waals surface area contributed by atoms with Gasteiger partial charge >= 0.3 is 0 Å². The Morgan fingerprint density at radius 1 is 0.704 bits per heavy atom. The highest BCUT2D eigenvalue weighted by Crippen LogP contribution is 2.42. The second-order valence-electron chi connectivity index (χ2n) is 7.47. The number of sulfone groups is 1. The molecule has 0 aliphatic rings. The summed E-state index contributed by atoms with van der Waals surface area (Å²) in [7, 11) is -3.22. The summed E-state index contributed by atoms with van der Waals surface area (Å²) in [6.07, 6.45) is 1.23. The standard InChI is InChI=1S/C23H23O3S/c1-14-10-16(3)22-20(12-14)21-13-15(2)11-17(4)23(21)26(22)18-6-8-19(9-7-18)27(5,24)25/h6-13H,1-5H3/q+1. The van der Waals surface area contributed by atoms with Gasteiger partial charge < -0.3 is 4.05 Å². The van der Waals surface area contributed by atoms with Crippen molar-refractivity contribution in [2.45, 2.75) is 32.6 Å². The van der Waals surface area contributed by atoms with Crippen LogP contribution in [-0.4, -0.2) is 14.7 Å². The van der Waals surface area contributed by atoms with Crippen molar-refractivity contribution in [1.82, 2.24) is 0 Å². The van der Waals surface area contributed by atoms with E-state index < -0.39 is 9.84 Å². The van der Waals surface area contributed by atoms with Crippen molar-refractivity contribution in [2.75, 3.05) is 6.26 Å². The van der Waals surface area contributed by atoms with Crippen molar-refractivity contribution in [2.24, 2.45) is 0 Å². The van der Waals surface area contributed by atoms with Gasteiger partial charge in [0.25, 0.3) is 16.9 Å². The lowest BCUT2D eigenvalue weighted by molar-refractivity contribution is 0.375. The van der Waals surface area contributed by atoms with Gasteiger partial charge in [0, 0.05) is 29.5 Å². The molecule has 0 bridgehead atoms. The molecule has 0 radical (unpaired) electrons. The maximum atomic E-state index is 11.8. The maximum absolute atomic E-state index is 11.8. The van der Waals surface area contributed by atoms with E-state index in [2.05, 4.69) is 56.0 Å². The lowest BCUT2D eigenvalue weighted by Gasteiger charge is -2.08. The molecule has 1 heterocycles. The molecule has 0 aliphatic heterocycles. The minimum absolute atomic E-state index is 0.327. The normalized spacial score (nSPS) is 12.2. The molecular weight excluding hydrogens is 356 g/mol. The number of fused-ring (bicyclic) bond motifs is 3. The van der Waals surface area contributed by atoms with Crippen LogP contribution in [-0.2, 0) is 9.84 Å². The molecule has 0 saturated carbocycles. The zero-order chi connectivity index (χ0) is 19.5. The summed E-state index contributed by atoms with van der Waals surface area (Å²) in [6, 6.07) is 15.9. The molecule has 0 saturated heterocycles. The minimum Gasteiger partial charge on any atom is -0.498 e. The van der Waals surface area contributed by atoms with Crippen LogP contribution in [0.3, 0.4) is 0 Å². The van der Waals surface area contributed by atoms with Crippen molar-refractivity contribution in [3.05, 3.63) is 70.8 Å². The number of furan rings is 1. The summed E-state index contributed by atoms with van der Waals surface area (Å²) in [5.74, 6) is 0.890. The van der Waals surface area contributed by atoms with Gasteiger partial charge in [-0.05, 0) is 75.2 Å². The molecule has 3 aromatic carbocycles. The van der Waals surface area contributed by atoms with Crippen LogP contribution < -0.4 is 0 Å². The van der Waals surface area contributed by atoms with E-state index in [1.165, 1.54) is 39.3 Å². The average Bonchev–Trinajstić information content (AvgIpc) is 2.89. The van der Waals surface area contributed by atoms with Gasteiger partial charge in [-0.1, -0.05) is 0 Å². The van der Waals surface area contributed by atoms with Crippen LogP contribution in [0.15, 0.2) is 57.5 Å². The summed E-state index contributed by atoms with van der Waals surface area (Å²) in [6.45, 7) is 8.46. The van der Waals surface area contributed by atoms with Crippen LogP contribution in [0.25, 0.3) is 27.7 Å². The Hall–Kier alpha value is -2.59. The monoisotopic (exact) mass is 379 g/mol. The first-order valence-corrected chi connectivity index (χ1v) is 10.8. The third kappa shape index (κ3) is 2.85. The molecule has 0 spiro atoms. The lowest BCUT2D eigenvalue weighted by Crippen LogP contribution is -1.96. The van der Waals surface area contributed by atoms with E-state index in [9.17, 15) is 8.42 Å².